The van der Waals surface area contributed by atoms with Crippen LogP contribution in [0.5, 0.6) is 0 Å². The summed E-state index contributed by atoms with van der Waals surface area (Å²) in [5.41, 5.74) is -0.896. The fourth-order valence-electron chi connectivity index (χ4n) is 2.45. The maximum Gasteiger partial charge on any atom is 0.240 e. The molecule has 5 nitrogen and oxygen atoms in total. The maximum absolute atomic E-state index is 12.1. The van der Waals surface area contributed by atoms with Gasteiger partial charge in [-0.1, -0.05) is 0 Å². The highest BCUT2D eigenvalue weighted by Crippen LogP contribution is 2.29. The molecule has 0 spiro atoms. The van der Waals surface area contributed by atoms with Gasteiger partial charge in [-0.3, -0.25) is 4.79 Å². The number of hydrogen-bond acceptors (Lipinski definition) is 4. The Balaban J connectivity index is 1.84. The first-order valence-electron chi connectivity index (χ1n) is 6.66. The number of amides is 1. The van der Waals surface area contributed by atoms with Crippen molar-refractivity contribution >= 4 is 5.91 Å². The minimum Gasteiger partial charge on any atom is -0.381 e. The molecule has 0 aliphatic carbocycles. The molecule has 0 aromatic heterocycles. The Hall–Kier alpha value is -1.12. The molecule has 1 unspecified atom stereocenters. The average molecular weight is 252 g/mol. The van der Waals surface area contributed by atoms with Gasteiger partial charge in [-0.15, -0.1) is 0 Å². The fourth-order valence-corrected chi connectivity index (χ4v) is 2.45. The summed E-state index contributed by atoms with van der Waals surface area (Å²) >= 11 is 0. The monoisotopic (exact) mass is 252 g/mol. The minimum absolute atomic E-state index is 0.110. The van der Waals surface area contributed by atoms with E-state index >= 15 is 0 Å². The van der Waals surface area contributed by atoms with Crippen molar-refractivity contribution in [1.29, 1.82) is 5.26 Å². The zero-order chi connectivity index (χ0) is 12.8. The highest BCUT2D eigenvalue weighted by Gasteiger charge is 2.40. The highest BCUT2D eigenvalue weighted by molar-refractivity contribution is 5.85. The van der Waals surface area contributed by atoms with Crippen LogP contribution in [0.1, 0.15) is 32.1 Å². The van der Waals surface area contributed by atoms with Crippen molar-refractivity contribution in [2.75, 3.05) is 26.4 Å². The van der Waals surface area contributed by atoms with E-state index in [9.17, 15) is 10.1 Å². The Morgan fingerprint density at radius 1 is 1.33 bits per heavy atom. The smallest absolute Gasteiger partial charge is 0.240 e. The van der Waals surface area contributed by atoms with E-state index in [1.165, 1.54) is 0 Å². The number of rotatable bonds is 3. The first-order chi connectivity index (χ1) is 8.77. The SMILES string of the molecule is N#CC1(C(=O)NCC2CCCCO2)CCOCC1. The Bertz CT molecular complexity index is 326. The summed E-state index contributed by atoms with van der Waals surface area (Å²) in [6.07, 6.45) is 4.32. The van der Waals surface area contributed by atoms with E-state index in [-0.39, 0.29) is 12.0 Å². The predicted molar refractivity (Wildman–Crippen MR) is 64.7 cm³/mol. The number of hydrogen-bond donors (Lipinski definition) is 1. The molecule has 0 aromatic carbocycles. The van der Waals surface area contributed by atoms with Gasteiger partial charge in [0.2, 0.25) is 5.91 Å². The second-order valence-corrected chi connectivity index (χ2v) is 5.00. The van der Waals surface area contributed by atoms with E-state index in [1.807, 2.05) is 0 Å². The Morgan fingerprint density at radius 2 is 2.11 bits per heavy atom. The molecule has 100 valence electrons. The summed E-state index contributed by atoms with van der Waals surface area (Å²) in [6.45, 7) is 2.27. The first-order valence-corrected chi connectivity index (χ1v) is 6.66. The van der Waals surface area contributed by atoms with Crippen molar-refractivity contribution in [2.24, 2.45) is 5.41 Å². The van der Waals surface area contributed by atoms with Crippen LogP contribution in [0.3, 0.4) is 0 Å². The number of nitrogens with one attached hydrogen (secondary N) is 1. The Kier molecular flexibility index (Phi) is 4.56. The fraction of sp³-hybridized carbons (Fsp3) is 0.846. The summed E-state index contributed by atoms with van der Waals surface area (Å²) in [6, 6.07) is 2.17. The zero-order valence-corrected chi connectivity index (χ0v) is 10.6. The predicted octanol–water partition coefficient (Wildman–Crippen LogP) is 0.992. The molecule has 0 radical (unpaired) electrons. The number of ether oxygens (including phenoxy) is 2. The van der Waals surface area contributed by atoms with Crippen LogP contribution >= 0.6 is 0 Å². The molecule has 1 N–H and O–H groups in total. The zero-order valence-electron chi connectivity index (χ0n) is 10.6. The first kappa shape index (κ1) is 13.3. The summed E-state index contributed by atoms with van der Waals surface area (Å²) in [4.78, 5) is 12.1. The van der Waals surface area contributed by atoms with Gasteiger partial charge in [0.15, 0.2) is 0 Å². The van der Waals surface area contributed by atoms with Crippen LogP contribution in [0.25, 0.3) is 0 Å². The minimum atomic E-state index is -0.896. The molecule has 0 aromatic rings. The molecule has 18 heavy (non-hydrogen) atoms. The number of carbonyl (C=O) groups is 1. The molecular weight excluding hydrogens is 232 g/mol. The molecule has 2 aliphatic heterocycles. The number of nitriles is 1. The van der Waals surface area contributed by atoms with Crippen LogP contribution in [0.2, 0.25) is 0 Å². The molecule has 1 atom stereocenters. The van der Waals surface area contributed by atoms with Crippen LogP contribution in [0, 0.1) is 16.7 Å². The summed E-state index contributed by atoms with van der Waals surface area (Å²) in [5, 5.41) is 12.1. The maximum atomic E-state index is 12.1. The third-order valence-corrected chi connectivity index (χ3v) is 3.76. The molecule has 2 rings (SSSR count). The largest absolute Gasteiger partial charge is 0.381 e. The van der Waals surface area contributed by atoms with Crippen molar-refractivity contribution in [3.8, 4) is 6.07 Å². The average Bonchev–Trinajstić information content (AvgIpc) is 2.46. The molecule has 1 amide bonds. The molecule has 0 bridgehead atoms. The standard InChI is InChI=1S/C13H20N2O3/c14-10-13(4-7-17-8-5-13)12(16)15-9-11-3-1-2-6-18-11/h11H,1-9H2,(H,15,16). The van der Waals surface area contributed by atoms with Gasteiger partial charge in [0.1, 0.15) is 5.41 Å². The second-order valence-electron chi connectivity index (χ2n) is 5.00. The lowest BCUT2D eigenvalue weighted by Crippen LogP contribution is -2.46. The molecular formula is C13H20N2O3. The summed E-state index contributed by atoms with van der Waals surface area (Å²) < 4.78 is 10.8. The summed E-state index contributed by atoms with van der Waals surface area (Å²) in [5.74, 6) is -0.164. The van der Waals surface area contributed by atoms with Gasteiger partial charge in [0.25, 0.3) is 0 Å². The van der Waals surface area contributed by atoms with E-state index < -0.39 is 5.41 Å². The lowest BCUT2D eigenvalue weighted by molar-refractivity contribution is -0.133. The van der Waals surface area contributed by atoms with E-state index in [0.29, 0.717) is 32.6 Å². The van der Waals surface area contributed by atoms with Crippen LogP contribution in [-0.4, -0.2) is 38.4 Å². The van der Waals surface area contributed by atoms with Crippen molar-refractivity contribution in [3.63, 3.8) is 0 Å². The number of carbonyl (C=O) groups excluding carboxylic acids is 1. The van der Waals surface area contributed by atoms with Crippen molar-refractivity contribution < 1.29 is 14.3 Å². The summed E-state index contributed by atoms with van der Waals surface area (Å²) in [7, 11) is 0. The molecule has 0 saturated carbocycles. The molecule has 2 heterocycles. The van der Waals surface area contributed by atoms with Gasteiger partial charge in [0.05, 0.1) is 12.2 Å². The van der Waals surface area contributed by atoms with Gasteiger partial charge < -0.3 is 14.8 Å². The third-order valence-electron chi connectivity index (χ3n) is 3.76. The van der Waals surface area contributed by atoms with Crippen LogP contribution in [0.4, 0.5) is 0 Å². The van der Waals surface area contributed by atoms with Crippen molar-refractivity contribution in [1.82, 2.24) is 5.32 Å². The normalized spacial score (nSPS) is 27.2. The molecule has 2 aliphatic rings. The third kappa shape index (κ3) is 3.01. The molecule has 5 heteroatoms. The van der Waals surface area contributed by atoms with Crippen LogP contribution < -0.4 is 5.32 Å². The second kappa shape index (κ2) is 6.17. The van der Waals surface area contributed by atoms with Crippen LogP contribution in [-0.2, 0) is 14.3 Å². The van der Waals surface area contributed by atoms with E-state index in [2.05, 4.69) is 11.4 Å². The van der Waals surface area contributed by atoms with E-state index in [0.717, 1.165) is 25.9 Å². The lowest BCUT2D eigenvalue weighted by Gasteiger charge is -2.30. The van der Waals surface area contributed by atoms with Gasteiger partial charge in [-0.25, -0.2) is 0 Å². The van der Waals surface area contributed by atoms with Gasteiger partial charge in [0, 0.05) is 26.4 Å². The van der Waals surface area contributed by atoms with Gasteiger partial charge in [-0.2, -0.15) is 5.26 Å². The van der Waals surface area contributed by atoms with Crippen molar-refractivity contribution in [3.05, 3.63) is 0 Å². The van der Waals surface area contributed by atoms with E-state index in [1.54, 1.807) is 0 Å². The Morgan fingerprint density at radius 3 is 2.72 bits per heavy atom. The van der Waals surface area contributed by atoms with Crippen LogP contribution in [0.15, 0.2) is 0 Å². The quantitative estimate of drug-likeness (QED) is 0.813. The van der Waals surface area contributed by atoms with Gasteiger partial charge >= 0.3 is 0 Å². The highest BCUT2D eigenvalue weighted by atomic mass is 16.5. The van der Waals surface area contributed by atoms with Crippen molar-refractivity contribution in [2.45, 2.75) is 38.2 Å². The molecule has 2 fully saturated rings. The van der Waals surface area contributed by atoms with Gasteiger partial charge in [-0.05, 0) is 32.1 Å². The topological polar surface area (TPSA) is 71.4 Å². The number of nitrogens with zero attached hydrogens (tertiary/aromatic N) is 1. The Labute approximate surface area is 107 Å². The molecule has 2 saturated heterocycles. The lowest BCUT2D eigenvalue weighted by atomic mass is 9.81. The van der Waals surface area contributed by atoms with E-state index in [4.69, 9.17) is 9.47 Å².